The minimum absolute atomic E-state index is 0.0132. The summed E-state index contributed by atoms with van der Waals surface area (Å²) in [6, 6.07) is 9.92. The van der Waals surface area contributed by atoms with Crippen LogP contribution in [-0.4, -0.2) is 31.6 Å². The van der Waals surface area contributed by atoms with Crippen molar-refractivity contribution in [3.63, 3.8) is 0 Å². The molecule has 0 radical (unpaired) electrons. The first kappa shape index (κ1) is 23.4. The number of halogens is 1. The van der Waals surface area contributed by atoms with Gasteiger partial charge in [0.2, 0.25) is 0 Å². The number of carbonyl (C=O) groups is 3. The Balaban J connectivity index is 1.75. The lowest BCUT2D eigenvalue weighted by Crippen LogP contribution is -2.13. The molecule has 0 aliphatic carbocycles. The van der Waals surface area contributed by atoms with Crippen LogP contribution >= 0.6 is 22.9 Å². The zero-order valence-electron chi connectivity index (χ0n) is 17.5. The average Bonchev–Trinajstić information content (AvgIpc) is 3.38. The van der Waals surface area contributed by atoms with E-state index in [1.165, 1.54) is 13.2 Å². The molecular formula is C22H20ClNO7S. The van der Waals surface area contributed by atoms with Gasteiger partial charge >= 0.3 is 11.9 Å². The van der Waals surface area contributed by atoms with Crippen molar-refractivity contribution in [2.24, 2.45) is 0 Å². The van der Waals surface area contributed by atoms with Gasteiger partial charge in [0.25, 0.3) is 5.91 Å². The van der Waals surface area contributed by atoms with Crippen LogP contribution in [0.4, 0.5) is 5.00 Å². The molecule has 0 aliphatic rings. The molecule has 0 spiro atoms. The molecule has 0 saturated heterocycles. The number of benzene rings is 1. The predicted molar refractivity (Wildman–Crippen MR) is 119 cm³/mol. The molecule has 2 aromatic heterocycles. The molecular weight excluding hydrogens is 458 g/mol. The van der Waals surface area contributed by atoms with E-state index in [2.05, 4.69) is 5.32 Å². The highest BCUT2D eigenvalue weighted by molar-refractivity contribution is 7.18. The Morgan fingerprint density at radius 3 is 2.47 bits per heavy atom. The van der Waals surface area contributed by atoms with E-state index in [0.717, 1.165) is 11.3 Å². The minimum atomic E-state index is -0.680. The van der Waals surface area contributed by atoms with Crippen molar-refractivity contribution in [1.29, 1.82) is 0 Å². The van der Waals surface area contributed by atoms with E-state index in [0.29, 0.717) is 22.1 Å². The van der Waals surface area contributed by atoms with Gasteiger partial charge in [-0.15, -0.1) is 11.3 Å². The number of thiophene rings is 1. The van der Waals surface area contributed by atoms with E-state index in [4.69, 9.17) is 30.2 Å². The van der Waals surface area contributed by atoms with Crippen LogP contribution < -0.4 is 10.1 Å². The van der Waals surface area contributed by atoms with Gasteiger partial charge in [0.05, 0.1) is 19.3 Å². The van der Waals surface area contributed by atoms with E-state index in [1.54, 1.807) is 44.2 Å². The number of hydrogen-bond donors (Lipinski definition) is 1. The third-order valence-electron chi connectivity index (χ3n) is 4.30. The number of rotatable bonds is 8. The molecule has 0 saturated carbocycles. The molecule has 32 heavy (non-hydrogen) atoms. The summed E-state index contributed by atoms with van der Waals surface area (Å²) in [5, 5.41) is 3.37. The summed E-state index contributed by atoms with van der Waals surface area (Å²) >= 11 is 6.78. The molecule has 2 heterocycles. The molecule has 0 aliphatic heterocycles. The first-order chi connectivity index (χ1) is 15.3. The second-order valence-corrected chi connectivity index (χ2v) is 7.89. The molecule has 0 unspecified atom stereocenters. The Morgan fingerprint density at radius 1 is 1.09 bits per heavy atom. The summed E-state index contributed by atoms with van der Waals surface area (Å²) < 4.78 is 21.0. The molecule has 0 bridgehead atoms. The number of furan rings is 1. The van der Waals surface area contributed by atoms with E-state index in [1.807, 2.05) is 0 Å². The van der Waals surface area contributed by atoms with Crippen LogP contribution in [-0.2, 0) is 16.1 Å². The minimum Gasteiger partial charge on any atom is -0.486 e. The standard InChI is InChI=1S/C22H20ClNO7S/c1-4-29-22(27)18-12(2)17(21(26)28-3)20(32-18)24-19(25)16-10-9-15(31-16)11-30-14-7-5-13(23)6-8-14/h5-10H,4,11H2,1-3H3,(H,24,25). The Bertz CT molecular complexity index is 1130. The predicted octanol–water partition coefficient (Wildman–Crippen LogP) is 5.10. The fourth-order valence-electron chi connectivity index (χ4n) is 2.77. The highest BCUT2D eigenvalue weighted by Crippen LogP contribution is 2.34. The second-order valence-electron chi connectivity index (χ2n) is 6.44. The van der Waals surface area contributed by atoms with Crippen molar-refractivity contribution < 1.29 is 33.0 Å². The van der Waals surface area contributed by atoms with E-state index in [9.17, 15) is 14.4 Å². The van der Waals surface area contributed by atoms with Gasteiger partial charge in [0.15, 0.2) is 5.76 Å². The summed E-state index contributed by atoms with van der Waals surface area (Å²) in [4.78, 5) is 37.3. The topological polar surface area (TPSA) is 104 Å². The van der Waals surface area contributed by atoms with Crippen LogP contribution in [0.5, 0.6) is 5.75 Å². The highest BCUT2D eigenvalue weighted by atomic mass is 35.5. The van der Waals surface area contributed by atoms with E-state index >= 15 is 0 Å². The molecule has 8 nitrogen and oxygen atoms in total. The van der Waals surface area contributed by atoms with Gasteiger partial charge in [-0.1, -0.05) is 11.6 Å². The number of anilines is 1. The molecule has 1 amide bonds. The Morgan fingerprint density at radius 2 is 1.81 bits per heavy atom. The van der Waals surface area contributed by atoms with Gasteiger partial charge in [0, 0.05) is 5.02 Å². The third-order valence-corrected chi connectivity index (χ3v) is 5.74. The lowest BCUT2D eigenvalue weighted by Gasteiger charge is -2.05. The number of nitrogens with one attached hydrogen (secondary N) is 1. The summed E-state index contributed by atoms with van der Waals surface area (Å²) in [5.41, 5.74) is 0.457. The van der Waals surface area contributed by atoms with Crippen molar-refractivity contribution in [1.82, 2.24) is 0 Å². The number of methoxy groups -OCH3 is 1. The normalized spacial score (nSPS) is 10.5. The first-order valence-corrected chi connectivity index (χ1v) is 10.7. The van der Waals surface area contributed by atoms with Crippen LogP contribution in [0.1, 0.15) is 48.8 Å². The maximum atomic E-state index is 12.7. The SMILES string of the molecule is CCOC(=O)c1sc(NC(=O)c2ccc(COc3ccc(Cl)cc3)o2)c(C(=O)OC)c1C. The molecule has 1 N–H and O–H groups in total. The van der Waals surface area contributed by atoms with Crippen molar-refractivity contribution in [2.45, 2.75) is 20.5 Å². The van der Waals surface area contributed by atoms with Gasteiger partial charge in [0.1, 0.15) is 28.0 Å². The molecule has 0 fully saturated rings. The van der Waals surface area contributed by atoms with Crippen molar-refractivity contribution in [2.75, 3.05) is 19.0 Å². The Labute approximate surface area is 193 Å². The second kappa shape index (κ2) is 10.3. The fraction of sp³-hybridized carbons (Fsp3) is 0.227. The highest BCUT2D eigenvalue weighted by Gasteiger charge is 2.27. The molecule has 3 rings (SSSR count). The van der Waals surface area contributed by atoms with E-state index < -0.39 is 17.8 Å². The van der Waals surface area contributed by atoms with Crippen LogP contribution in [0.25, 0.3) is 0 Å². The van der Waals surface area contributed by atoms with Crippen LogP contribution in [0.3, 0.4) is 0 Å². The lowest BCUT2D eigenvalue weighted by molar-refractivity contribution is 0.0531. The number of hydrogen-bond acceptors (Lipinski definition) is 8. The van der Waals surface area contributed by atoms with Gasteiger partial charge < -0.3 is 23.9 Å². The summed E-state index contributed by atoms with van der Waals surface area (Å²) in [5.74, 6) is -0.821. The first-order valence-electron chi connectivity index (χ1n) is 9.51. The summed E-state index contributed by atoms with van der Waals surface area (Å²) in [6.07, 6.45) is 0. The summed E-state index contributed by atoms with van der Waals surface area (Å²) in [7, 11) is 1.22. The third kappa shape index (κ3) is 5.30. The van der Waals surface area contributed by atoms with Gasteiger partial charge in [-0.25, -0.2) is 9.59 Å². The molecule has 168 valence electrons. The van der Waals surface area contributed by atoms with Crippen LogP contribution in [0.2, 0.25) is 5.02 Å². The van der Waals surface area contributed by atoms with Crippen molar-refractivity contribution in [3.05, 3.63) is 68.9 Å². The maximum absolute atomic E-state index is 12.7. The Hall–Kier alpha value is -3.30. The zero-order valence-corrected chi connectivity index (χ0v) is 19.1. The molecule has 1 aromatic carbocycles. The zero-order chi connectivity index (χ0) is 23.3. The van der Waals surface area contributed by atoms with Gasteiger partial charge in [-0.05, 0) is 55.8 Å². The number of ether oxygens (including phenoxy) is 3. The maximum Gasteiger partial charge on any atom is 0.348 e. The monoisotopic (exact) mass is 477 g/mol. The smallest absolute Gasteiger partial charge is 0.348 e. The average molecular weight is 478 g/mol. The molecule has 10 heteroatoms. The number of amides is 1. The fourth-order valence-corrected chi connectivity index (χ4v) is 3.98. The molecule has 3 aromatic rings. The number of esters is 2. The summed E-state index contributed by atoms with van der Waals surface area (Å²) in [6.45, 7) is 3.55. The molecule has 0 atom stereocenters. The van der Waals surface area contributed by atoms with Gasteiger partial charge in [-0.2, -0.15) is 0 Å². The number of carbonyl (C=O) groups excluding carboxylic acids is 3. The van der Waals surface area contributed by atoms with E-state index in [-0.39, 0.29) is 34.4 Å². The van der Waals surface area contributed by atoms with Crippen molar-refractivity contribution in [3.8, 4) is 5.75 Å². The lowest BCUT2D eigenvalue weighted by atomic mass is 10.1. The Kier molecular flexibility index (Phi) is 7.55. The van der Waals surface area contributed by atoms with Crippen LogP contribution in [0, 0.1) is 6.92 Å². The quantitative estimate of drug-likeness (QED) is 0.450. The van der Waals surface area contributed by atoms with Crippen LogP contribution in [0.15, 0.2) is 40.8 Å². The van der Waals surface area contributed by atoms with Crippen molar-refractivity contribution >= 4 is 45.8 Å². The van der Waals surface area contributed by atoms with Gasteiger partial charge in [-0.3, -0.25) is 4.79 Å². The largest absolute Gasteiger partial charge is 0.486 e.